The first-order valence-electron chi connectivity index (χ1n) is 8.43. The predicted octanol–water partition coefficient (Wildman–Crippen LogP) is 1.66. The molecule has 7 nitrogen and oxygen atoms in total. The number of rotatable bonds is 5. The van der Waals surface area contributed by atoms with E-state index in [4.69, 9.17) is 4.74 Å². The summed E-state index contributed by atoms with van der Waals surface area (Å²) >= 11 is 1.34. The van der Waals surface area contributed by atoms with Gasteiger partial charge in [0.25, 0.3) is 10.0 Å². The summed E-state index contributed by atoms with van der Waals surface area (Å²) in [5.41, 5.74) is 0.196. The second kappa shape index (κ2) is 6.49. The van der Waals surface area contributed by atoms with Gasteiger partial charge in [-0.1, -0.05) is 12.2 Å². The molecule has 2 bridgehead atoms. The van der Waals surface area contributed by atoms with Gasteiger partial charge in [-0.25, -0.2) is 13.2 Å². The second-order valence-corrected chi connectivity index (χ2v) is 9.41. The highest BCUT2D eigenvalue weighted by Crippen LogP contribution is 2.53. The highest BCUT2D eigenvalue weighted by Gasteiger charge is 2.62. The van der Waals surface area contributed by atoms with Crippen LogP contribution >= 0.6 is 11.8 Å². The van der Waals surface area contributed by atoms with Crippen molar-refractivity contribution in [2.75, 3.05) is 12.2 Å². The smallest absolute Gasteiger partial charge is 0.338 e. The molecule has 1 heterocycles. The molecule has 142 valence electrons. The maximum Gasteiger partial charge on any atom is 0.338 e. The van der Waals surface area contributed by atoms with Crippen molar-refractivity contribution in [3.8, 4) is 0 Å². The number of nitrogens with zero attached hydrogens (tertiary/aromatic N) is 1. The summed E-state index contributed by atoms with van der Waals surface area (Å²) in [4.78, 5) is 37.1. The molecule has 1 aromatic rings. The third kappa shape index (κ3) is 2.71. The molecule has 1 aliphatic heterocycles. The number of ether oxygens (including phenoxy) is 1. The van der Waals surface area contributed by atoms with Gasteiger partial charge in [-0.15, -0.1) is 11.8 Å². The molecule has 0 aromatic heterocycles. The third-order valence-electron chi connectivity index (χ3n) is 5.37. The number of carbonyl (C=O) groups is 3. The predicted molar refractivity (Wildman–Crippen MR) is 97.0 cm³/mol. The number of hydrogen-bond acceptors (Lipinski definition) is 7. The molecule has 2 aliphatic carbocycles. The zero-order valence-corrected chi connectivity index (χ0v) is 16.0. The molecule has 4 atom stereocenters. The summed E-state index contributed by atoms with van der Waals surface area (Å²) in [6, 6.07) is 5.05. The van der Waals surface area contributed by atoms with Crippen LogP contribution in [0.4, 0.5) is 0 Å². The second-order valence-electron chi connectivity index (χ2n) is 6.81. The summed E-state index contributed by atoms with van der Waals surface area (Å²) in [6.07, 6.45) is 6.32. The SMILES string of the molecule is CSCOC(=O)c1ccc(S(=O)(=O)N2C(=O)C3C4C=CC(C4)C3C2=O)cc1. The van der Waals surface area contributed by atoms with Crippen molar-refractivity contribution >= 4 is 39.6 Å². The summed E-state index contributed by atoms with van der Waals surface area (Å²) in [5, 5.41) is 0. The Morgan fingerprint density at radius 1 is 1.11 bits per heavy atom. The van der Waals surface area contributed by atoms with Crippen LogP contribution in [0.2, 0.25) is 0 Å². The minimum Gasteiger partial charge on any atom is -0.451 e. The molecule has 0 radical (unpaired) electrons. The number of fused-ring (bicyclic) bond motifs is 5. The van der Waals surface area contributed by atoms with Crippen LogP contribution in [0.1, 0.15) is 16.8 Å². The lowest BCUT2D eigenvalue weighted by atomic mass is 9.85. The average Bonchev–Trinajstić information content (AvgIpc) is 3.33. The van der Waals surface area contributed by atoms with Gasteiger partial charge in [-0.2, -0.15) is 4.31 Å². The van der Waals surface area contributed by atoms with Crippen molar-refractivity contribution < 1.29 is 27.5 Å². The summed E-state index contributed by atoms with van der Waals surface area (Å²) < 4.78 is 31.2. The fourth-order valence-corrected chi connectivity index (χ4v) is 5.81. The topological polar surface area (TPSA) is 97.8 Å². The quantitative estimate of drug-likeness (QED) is 0.317. The highest BCUT2D eigenvalue weighted by molar-refractivity contribution is 7.98. The van der Waals surface area contributed by atoms with Gasteiger partial charge in [0.1, 0.15) is 5.94 Å². The normalized spacial score (nSPS) is 28.7. The molecule has 1 saturated carbocycles. The number of allylic oxidation sites excluding steroid dienone is 2. The van der Waals surface area contributed by atoms with Gasteiger partial charge in [0.2, 0.25) is 11.8 Å². The van der Waals surface area contributed by atoms with E-state index in [1.165, 1.54) is 36.0 Å². The van der Waals surface area contributed by atoms with Crippen molar-refractivity contribution in [3.63, 3.8) is 0 Å². The minimum absolute atomic E-state index is 0.0646. The van der Waals surface area contributed by atoms with Gasteiger partial charge >= 0.3 is 5.97 Å². The van der Waals surface area contributed by atoms with Crippen molar-refractivity contribution in [3.05, 3.63) is 42.0 Å². The van der Waals surface area contributed by atoms with E-state index in [-0.39, 0.29) is 28.2 Å². The van der Waals surface area contributed by atoms with Gasteiger partial charge in [0, 0.05) is 0 Å². The van der Waals surface area contributed by atoms with E-state index in [1.54, 1.807) is 6.26 Å². The molecule has 4 rings (SSSR count). The van der Waals surface area contributed by atoms with E-state index in [2.05, 4.69) is 0 Å². The fourth-order valence-electron chi connectivity index (χ4n) is 4.18. The first-order valence-corrected chi connectivity index (χ1v) is 11.3. The average molecular weight is 407 g/mol. The first kappa shape index (κ1) is 18.2. The summed E-state index contributed by atoms with van der Waals surface area (Å²) in [6.45, 7) is 0. The van der Waals surface area contributed by atoms with Crippen LogP contribution in [0.5, 0.6) is 0 Å². The van der Waals surface area contributed by atoms with Gasteiger partial charge in [-0.3, -0.25) is 9.59 Å². The van der Waals surface area contributed by atoms with Gasteiger partial charge < -0.3 is 4.74 Å². The van der Waals surface area contributed by atoms with Crippen molar-refractivity contribution in [2.24, 2.45) is 23.7 Å². The Morgan fingerprint density at radius 3 is 2.19 bits per heavy atom. The Morgan fingerprint density at radius 2 is 1.67 bits per heavy atom. The lowest BCUT2D eigenvalue weighted by molar-refractivity contribution is -0.134. The minimum atomic E-state index is -4.31. The van der Waals surface area contributed by atoms with Crippen LogP contribution < -0.4 is 0 Å². The van der Waals surface area contributed by atoms with Crippen molar-refractivity contribution in [1.29, 1.82) is 0 Å². The van der Waals surface area contributed by atoms with Gasteiger partial charge in [-0.05, 0) is 48.8 Å². The van der Waals surface area contributed by atoms with Gasteiger partial charge in [0.15, 0.2) is 0 Å². The highest BCUT2D eigenvalue weighted by atomic mass is 32.2. The lowest BCUT2D eigenvalue weighted by Crippen LogP contribution is -2.38. The van der Waals surface area contributed by atoms with Crippen molar-refractivity contribution in [1.82, 2.24) is 4.31 Å². The molecule has 2 amide bonds. The summed E-state index contributed by atoms with van der Waals surface area (Å²) in [5.74, 6) is -2.97. The molecule has 1 aromatic carbocycles. The largest absolute Gasteiger partial charge is 0.451 e. The molecule has 1 saturated heterocycles. The van der Waals surface area contributed by atoms with Crippen molar-refractivity contribution in [2.45, 2.75) is 11.3 Å². The van der Waals surface area contributed by atoms with E-state index in [1.807, 2.05) is 12.2 Å². The number of benzene rings is 1. The van der Waals surface area contributed by atoms with Crippen LogP contribution in [0.25, 0.3) is 0 Å². The first-order chi connectivity index (χ1) is 12.9. The maximum atomic E-state index is 12.9. The number of sulfonamides is 1. The Kier molecular flexibility index (Phi) is 4.38. The van der Waals surface area contributed by atoms with E-state index < -0.39 is 39.6 Å². The number of hydrogen-bond donors (Lipinski definition) is 0. The fraction of sp³-hybridized carbons (Fsp3) is 0.389. The van der Waals surface area contributed by atoms with Crippen LogP contribution in [0, 0.1) is 23.7 Å². The van der Waals surface area contributed by atoms with Crippen LogP contribution in [-0.2, 0) is 24.3 Å². The maximum absolute atomic E-state index is 12.9. The molecular formula is C18H17NO6S2. The molecular weight excluding hydrogens is 390 g/mol. The monoisotopic (exact) mass is 407 g/mol. The van der Waals surface area contributed by atoms with E-state index >= 15 is 0 Å². The Balaban J connectivity index is 1.60. The zero-order valence-electron chi connectivity index (χ0n) is 14.4. The summed E-state index contributed by atoms with van der Waals surface area (Å²) in [7, 11) is -4.31. The number of esters is 1. The number of carbonyl (C=O) groups excluding carboxylic acids is 3. The molecule has 2 fully saturated rings. The third-order valence-corrected chi connectivity index (χ3v) is 7.43. The zero-order chi connectivity index (χ0) is 19.3. The molecule has 0 N–H and O–H groups in total. The Bertz CT molecular complexity index is 923. The Hall–Kier alpha value is -2.13. The van der Waals surface area contributed by atoms with E-state index in [0.717, 1.165) is 6.42 Å². The molecule has 9 heteroatoms. The van der Waals surface area contributed by atoms with E-state index in [9.17, 15) is 22.8 Å². The van der Waals surface area contributed by atoms with E-state index in [0.29, 0.717) is 4.31 Å². The van der Waals surface area contributed by atoms with Crippen LogP contribution in [-0.4, -0.2) is 42.7 Å². The molecule has 3 aliphatic rings. The number of imide groups is 1. The van der Waals surface area contributed by atoms with Crippen LogP contribution in [0.15, 0.2) is 41.3 Å². The Labute approximate surface area is 160 Å². The molecule has 4 unspecified atom stereocenters. The van der Waals surface area contributed by atoms with Crippen LogP contribution in [0.3, 0.4) is 0 Å². The number of thioether (sulfide) groups is 1. The standard InChI is InChI=1S/C18H17NO6S2/c1-26-9-25-18(22)10-4-6-13(7-5-10)27(23,24)19-16(20)14-11-2-3-12(8-11)15(14)17(19)21/h2-7,11-12,14-15H,8-9H2,1H3. The molecule has 0 spiro atoms. The lowest BCUT2D eigenvalue weighted by Gasteiger charge is -2.17. The van der Waals surface area contributed by atoms with Gasteiger partial charge in [0.05, 0.1) is 22.3 Å². The number of amides is 2. The molecule has 27 heavy (non-hydrogen) atoms.